The van der Waals surface area contributed by atoms with E-state index < -0.39 is 0 Å². The number of hydrogen-bond acceptors (Lipinski definition) is 2. The Labute approximate surface area is 97.2 Å². The van der Waals surface area contributed by atoms with Crippen molar-refractivity contribution >= 4 is 11.8 Å². The van der Waals surface area contributed by atoms with Crippen LogP contribution in [0.4, 0.5) is 4.79 Å². The molecule has 0 aromatic heterocycles. The lowest BCUT2D eigenvalue weighted by Gasteiger charge is -2.22. The summed E-state index contributed by atoms with van der Waals surface area (Å²) in [7, 11) is 0. The zero-order valence-electron chi connectivity index (χ0n) is 10.1. The van der Waals surface area contributed by atoms with Gasteiger partial charge in [0, 0.05) is 19.0 Å². The van der Waals surface area contributed by atoms with Crippen molar-refractivity contribution < 1.29 is 9.59 Å². The Bertz CT molecular complexity index is 235. The van der Waals surface area contributed by atoms with Crippen molar-refractivity contribution in [2.75, 3.05) is 6.54 Å². The molecule has 4 heteroatoms. The van der Waals surface area contributed by atoms with Gasteiger partial charge in [-0.25, -0.2) is 4.79 Å². The molecule has 4 nitrogen and oxygen atoms in total. The summed E-state index contributed by atoms with van der Waals surface area (Å²) in [6, 6.07) is 0.261. The fraction of sp³-hybridized carbons (Fsp3) is 0.833. The number of rotatable bonds is 5. The predicted molar refractivity (Wildman–Crippen MR) is 63.3 cm³/mol. The average Bonchev–Trinajstić information content (AvgIpc) is 2.25. The molecule has 1 aliphatic carbocycles. The van der Waals surface area contributed by atoms with Crippen molar-refractivity contribution in [2.45, 2.75) is 57.9 Å². The molecule has 0 spiro atoms. The van der Waals surface area contributed by atoms with E-state index in [9.17, 15) is 9.59 Å². The smallest absolute Gasteiger partial charge is 0.315 e. The van der Waals surface area contributed by atoms with E-state index in [0.717, 1.165) is 19.3 Å². The van der Waals surface area contributed by atoms with E-state index in [-0.39, 0.29) is 11.8 Å². The number of hydrogen-bond donors (Lipinski definition) is 2. The molecule has 0 radical (unpaired) electrons. The number of ketones is 1. The molecule has 1 saturated carbocycles. The van der Waals surface area contributed by atoms with Crippen molar-refractivity contribution in [3.05, 3.63) is 0 Å². The molecule has 1 fully saturated rings. The highest BCUT2D eigenvalue weighted by Gasteiger charge is 2.14. The van der Waals surface area contributed by atoms with Crippen LogP contribution in [0.5, 0.6) is 0 Å². The summed E-state index contributed by atoms with van der Waals surface area (Å²) >= 11 is 0. The van der Waals surface area contributed by atoms with Crippen LogP contribution in [0.25, 0.3) is 0 Å². The van der Waals surface area contributed by atoms with Crippen LogP contribution in [0.2, 0.25) is 0 Å². The van der Waals surface area contributed by atoms with Crippen molar-refractivity contribution in [1.29, 1.82) is 0 Å². The van der Waals surface area contributed by atoms with Gasteiger partial charge in [-0.2, -0.15) is 0 Å². The Morgan fingerprint density at radius 2 is 1.88 bits per heavy atom. The summed E-state index contributed by atoms with van der Waals surface area (Å²) in [5.74, 6) is 0.175. The maximum Gasteiger partial charge on any atom is 0.315 e. The third kappa shape index (κ3) is 5.73. The minimum atomic E-state index is -0.0875. The molecule has 0 aromatic carbocycles. The number of urea groups is 1. The normalized spacial score (nSPS) is 16.8. The van der Waals surface area contributed by atoms with Gasteiger partial charge in [0.2, 0.25) is 0 Å². The van der Waals surface area contributed by atoms with Gasteiger partial charge in [0.15, 0.2) is 0 Å². The fourth-order valence-electron chi connectivity index (χ4n) is 2.02. The molecule has 0 unspecified atom stereocenters. The molecule has 1 aliphatic rings. The highest BCUT2D eigenvalue weighted by atomic mass is 16.2. The molecule has 0 saturated heterocycles. The van der Waals surface area contributed by atoms with Crippen LogP contribution < -0.4 is 10.6 Å². The Hall–Kier alpha value is -1.06. The zero-order chi connectivity index (χ0) is 11.8. The molecular formula is C12H22N2O2. The minimum absolute atomic E-state index is 0.0875. The van der Waals surface area contributed by atoms with E-state index in [4.69, 9.17) is 0 Å². The lowest BCUT2D eigenvalue weighted by Crippen LogP contribution is -2.43. The average molecular weight is 226 g/mol. The van der Waals surface area contributed by atoms with E-state index >= 15 is 0 Å². The molecule has 2 N–H and O–H groups in total. The molecule has 0 aliphatic heterocycles. The summed E-state index contributed by atoms with van der Waals surface area (Å²) < 4.78 is 0. The molecule has 0 heterocycles. The van der Waals surface area contributed by atoms with Gasteiger partial charge in [0.25, 0.3) is 0 Å². The van der Waals surface area contributed by atoms with Crippen molar-refractivity contribution in [1.82, 2.24) is 10.6 Å². The van der Waals surface area contributed by atoms with E-state index in [2.05, 4.69) is 10.6 Å². The van der Waals surface area contributed by atoms with Crippen LogP contribution in [0, 0.1) is 0 Å². The number of carbonyl (C=O) groups excluding carboxylic acids is 2. The molecule has 0 aromatic rings. The van der Waals surface area contributed by atoms with E-state index in [1.807, 2.05) is 0 Å². The van der Waals surface area contributed by atoms with Gasteiger partial charge >= 0.3 is 6.03 Å². The summed E-state index contributed by atoms with van der Waals surface area (Å²) in [5, 5.41) is 5.76. The highest BCUT2D eigenvalue weighted by Crippen LogP contribution is 2.16. The highest BCUT2D eigenvalue weighted by molar-refractivity contribution is 5.76. The SMILES string of the molecule is CC(=O)CCCNC(=O)NC1CCCCC1. The molecule has 0 atom stereocenters. The molecule has 92 valence electrons. The second-order valence-corrected chi connectivity index (χ2v) is 4.54. The van der Waals surface area contributed by atoms with Gasteiger partial charge in [-0.05, 0) is 26.2 Å². The molecular weight excluding hydrogens is 204 g/mol. The zero-order valence-corrected chi connectivity index (χ0v) is 10.1. The van der Waals surface area contributed by atoms with Gasteiger partial charge in [-0.15, -0.1) is 0 Å². The topological polar surface area (TPSA) is 58.2 Å². The lowest BCUT2D eigenvalue weighted by molar-refractivity contribution is -0.117. The number of Topliss-reactive ketones (excluding diaryl/α,β-unsaturated/α-hetero) is 1. The van der Waals surface area contributed by atoms with Gasteiger partial charge in [-0.1, -0.05) is 19.3 Å². The largest absolute Gasteiger partial charge is 0.338 e. The Morgan fingerprint density at radius 1 is 1.19 bits per heavy atom. The van der Waals surface area contributed by atoms with Crippen LogP contribution in [0.3, 0.4) is 0 Å². The molecule has 1 rings (SSSR count). The molecule has 16 heavy (non-hydrogen) atoms. The summed E-state index contributed by atoms with van der Waals surface area (Å²) in [4.78, 5) is 22.1. The first-order chi connectivity index (χ1) is 7.68. The second kappa shape index (κ2) is 7.25. The monoisotopic (exact) mass is 226 g/mol. The van der Waals surface area contributed by atoms with Gasteiger partial charge in [0.1, 0.15) is 5.78 Å². The lowest BCUT2D eigenvalue weighted by atomic mass is 9.96. The minimum Gasteiger partial charge on any atom is -0.338 e. The van der Waals surface area contributed by atoms with Crippen LogP contribution in [-0.4, -0.2) is 24.4 Å². The summed E-state index contributed by atoms with van der Waals surface area (Å²) in [6.07, 6.45) is 7.20. The predicted octanol–water partition coefficient (Wildman–Crippen LogP) is 1.99. The number of amides is 2. The van der Waals surface area contributed by atoms with Gasteiger partial charge < -0.3 is 15.4 Å². The van der Waals surface area contributed by atoms with Crippen LogP contribution >= 0.6 is 0 Å². The molecule has 2 amide bonds. The third-order valence-electron chi connectivity index (χ3n) is 2.93. The van der Waals surface area contributed by atoms with E-state index in [0.29, 0.717) is 19.0 Å². The maximum atomic E-state index is 11.4. The molecule has 0 bridgehead atoms. The Kier molecular flexibility index (Phi) is 5.90. The van der Waals surface area contributed by atoms with Crippen molar-refractivity contribution in [3.63, 3.8) is 0 Å². The summed E-state index contributed by atoms with van der Waals surface area (Å²) in [5.41, 5.74) is 0. The quantitative estimate of drug-likeness (QED) is 0.704. The van der Waals surface area contributed by atoms with E-state index in [1.54, 1.807) is 6.92 Å². The standard InChI is InChI=1S/C12H22N2O2/c1-10(15)6-5-9-13-12(16)14-11-7-3-2-4-8-11/h11H,2-9H2,1H3,(H2,13,14,16). The van der Waals surface area contributed by atoms with Crippen LogP contribution in [0.1, 0.15) is 51.9 Å². The first-order valence-electron chi connectivity index (χ1n) is 6.22. The first kappa shape index (κ1) is 13.0. The van der Waals surface area contributed by atoms with Crippen LogP contribution in [0.15, 0.2) is 0 Å². The number of carbonyl (C=O) groups is 2. The number of nitrogens with one attached hydrogen (secondary N) is 2. The van der Waals surface area contributed by atoms with E-state index in [1.165, 1.54) is 19.3 Å². The maximum absolute atomic E-state index is 11.4. The summed E-state index contributed by atoms with van der Waals surface area (Å²) in [6.45, 7) is 2.15. The van der Waals surface area contributed by atoms with Crippen LogP contribution in [-0.2, 0) is 4.79 Å². The third-order valence-corrected chi connectivity index (χ3v) is 2.93. The van der Waals surface area contributed by atoms with Gasteiger partial charge in [0.05, 0.1) is 0 Å². The first-order valence-corrected chi connectivity index (χ1v) is 6.22. The van der Waals surface area contributed by atoms with Crippen molar-refractivity contribution in [2.24, 2.45) is 0 Å². The van der Waals surface area contributed by atoms with Gasteiger partial charge in [-0.3, -0.25) is 0 Å². The Morgan fingerprint density at radius 3 is 2.50 bits per heavy atom. The van der Waals surface area contributed by atoms with Crippen molar-refractivity contribution in [3.8, 4) is 0 Å². The Balaban J connectivity index is 2.03. The second-order valence-electron chi connectivity index (χ2n) is 4.54. The fourth-order valence-corrected chi connectivity index (χ4v) is 2.02.